The van der Waals surface area contributed by atoms with Gasteiger partial charge < -0.3 is 5.11 Å². The molecule has 0 heterocycles. The molecular formula is C21H17BrClNO4. The molecule has 0 saturated heterocycles. The van der Waals surface area contributed by atoms with Crippen molar-refractivity contribution in [1.82, 2.24) is 0 Å². The average molecular weight is 463 g/mol. The maximum absolute atomic E-state index is 13.2. The number of anilines is 1. The van der Waals surface area contributed by atoms with Gasteiger partial charge >= 0.3 is 6.09 Å². The molecule has 2 aromatic carbocycles. The van der Waals surface area contributed by atoms with E-state index in [1.165, 1.54) is 18.2 Å². The van der Waals surface area contributed by atoms with E-state index in [9.17, 15) is 19.5 Å². The Morgan fingerprint density at radius 3 is 2.18 bits per heavy atom. The number of allylic oxidation sites excluding steroid dienone is 2. The van der Waals surface area contributed by atoms with Gasteiger partial charge in [0, 0.05) is 15.6 Å². The van der Waals surface area contributed by atoms with Gasteiger partial charge in [0.1, 0.15) is 10.7 Å². The summed E-state index contributed by atoms with van der Waals surface area (Å²) < 4.78 is 0.743. The maximum atomic E-state index is 13.2. The number of carboxylic acid groups (broad SMARTS) is 1. The molecule has 1 amide bonds. The highest BCUT2D eigenvalue weighted by Crippen LogP contribution is 2.38. The Morgan fingerprint density at radius 2 is 1.64 bits per heavy atom. The number of benzene rings is 2. The highest BCUT2D eigenvalue weighted by atomic mass is 79.9. The van der Waals surface area contributed by atoms with Gasteiger partial charge in [0.25, 0.3) is 0 Å². The normalized spacial score (nSPS) is 14.2. The van der Waals surface area contributed by atoms with E-state index in [4.69, 9.17) is 11.6 Å². The second-order valence-corrected chi connectivity index (χ2v) is 8.69. The van der Waals surface area contributed by atoms with Crippen molar-refractivity contribution < 1.29 is 19.5 Å². The fourth-order valence-corrected chi connectivity index (χ4v) is 3.71. The molecule has 1 N–H and O–H groups in total. The molecule has 0 radical (unpaired) electrons. The lowest BCUT2D eigenvalue weighted by atomic mass is 9.78. The standard InChI is InChI=1S/C21H17BrClNO4/c1-21(2,3)14-6-4-5-13-15(14)19(26)16(23)17(18(13)25)24(20(27)28)12-9-7-11(22)8-10-12/h4-10H,1-3H3,(H,27,28). The van der Waals surface area contributed by atoms with E-state index in [2.05, 4.69) is 15.9 Å². The van der Waals surface area contributed by atoms with E-state index >= 15 is 0 Å². The van der Waals surface area contributed by atoms with Crippen molar-refractivity contribution in [3.8, 4) is 0 Å². The van der Waals surface area contributed by atoms with E-state index < -0.39 is 28.1 Å². The van der Waals surface area contributed by atoms with Crippen LogP contribution in [0.25, 0.3) is 0 Å². The summed E-state index contributed by atoms with van der Waals surface area (Å²) in [6, 6.07) is 11.3. The quantitative estimate of drug-likeness (QED) is 0.615. The second-order valence-electron chi connectivity index (χ2n) is 7.39. The minimum absolute atomic E-state index is 0.153. The number of Topliss-reactive ketones (excluding diaryl/α,β-unsaturated/α-hetero) is 2. The number of rotatable bonds is 2. The number of halogens is 2. The predicted molar refractivity (Wildman–Crippen MR) is 111 cm³/mol. The first kappa shape index (κ1) is 20.3. The highest BCUT2D eigenvalue weighted by molar-refractivity contribution is 9.10. The van der Waals surface area contributed by atoms with Crippen LogP contribution in [-0.4, -0.2) is 22.8 Å². The molecule has 0 aliphatic heterocycles. The SMILES string of the molecule is CC(C)(C)c1cccc2c1C(=O)C(Cl)=C(N(C(=O)O)c1ccc(Br)cc1)C2=O. The first-order valence-electron chi connectivity index (χ1n) is 8.45. The Morgan fingerprint density at radius 1 is 1.04 bits per heavy atom. The zero-order valence-electron chi connectivity index (χ0n) is 15.4. The van der Waals surface area contributed by atoms with Crippen molar-refractivity contribution in [1.29, 1.82) is 0 Å². The van der Waals surface area contributed by atoms with E-state index in [1.807, 2.05) is 20.8 Å². The molecular weight excluding hydrogens is 446 g/mol. The first-order valence-corrected chi connectivity index (χ1v) is 9.62. The summed E-state index contributed by atoms with van der Waals surface area (Å²) in [5.74, 6) is -1.16. The van der Waals surface area contributed by atoms with Crippen LogP contribution in [0.2, 0.25) is 0 Å². The van der Waals surface area contributed by atoms with Crippen LogP contribution in [0.5, 0.6) is 0 Å². The number of nitrogens with zero attached hydrogens (tertiary/aromatic N) is 1. The van der Waals surface area contributed by atoms with Gasteiger partial charge in [0.15, 0.2) is 0 Å². The van der Waals surface area contributed by atoms with E-state index in [-0.39, 0.29) is 22.5 Å². The summed E-state index contributed by atoms with van der Waals surface area (Å²) in [5.41, 5.74) is 0.523. The Hall–Kier alpha value is -2.44. The minimum Gasteiger partial charge on any atom is -0.464 e. The van der Waals surface area contributed by atoms with Crippen molar-refractivity contribution in [2.75, 3.05) is 4.90 Å². The van der Waals surface area contributed by atoms with E-state index in [0.717, 1.165) is 9.37 Å². The van der Waals surface area contributed by atoms with Crippen LogP contribution >= 0.6 is 27.5 Å². The monoisotopic (exact) mass is 461 g/mol. The van der Waals surface area contributed by atoms with Crippen LogP contribution in [-0.2, 0) is 5.41 Å². The number of amides is 1. The van der Waals surface area contributed by atoms with Gasteiger partial charge in [-0.3, -0.25) is 9.59 Å². The highest BCUT2D eigenvalue weighted by Gasteiger charge is 2.39. The maximum Gasteiger partial charge on any atom is 0.416 e. The topological polar surface area (TPSA) is 74.7 Å². The van der Waals surface area contributed by atoms with Gasteiger partial charge in [-0.2, -0.15) is 0 Å². The fourth-order valence-electron chi connectivity index (χ4n) is 3.18. The van der Waals surface area contributed by atoms with Crippen LogP contribution in [0.15, 0.2) is 57.7 Å². The van der Waals surface area contributed by atoms with Crippen molar-refractivity contribution in [3.63, 3.8) is 0 Å². The Kier molecular flexibility index (Phi) is 5.21. The number of hydrogen-bond donors (Lipinski definition) is 1. The fraction of sp³-hybridized carbons (Fsp3) is 0.190. The molecule has 0 spiro atoms. The number of carbonyl (C=O) groups is 3. The van der Waals surface area contributed by atoms with Crippen molar-refractivity contribution in [2.24, 2.45) is 0 Å². The zero-order chi connectivity index (χ0) is 20.8. The first-order chi connectivity index (χ1) is 13.0. The zero-order valence-corrected chi connectivity index (χ0v) is 17.8. The smallest absolute Gasteiger partial charge is 0.416 e. The molecule has 0 saturated carbocycles. The summed E-state index contributed by atoms with van der Waals surface area (Å²) in [4.78, 5) is 39.0. The average Bonchev–Trinajstić information content (AvgIpc) is 2.62. The van der Waals surface area contributed by atoms with Gasteiger partial charge in [0.2, 0.25) is 11.6 Å². The van der Waals surface area contributed by atoms with Crippen LogP contribution in [0.3, 0.4) is 0 Å². The third-order valence-corrected chi connectivity index (χ3v) is 5.35. The molecule has 3 rings (SSSR count). The number of hydrogen-bond acceptors (Lipinski definition) is 3. The molecule has 1 aliphatic rings. The third-order valence-electron chi connectivity index (χ3n) is 4.47. The molecule has 7 heteroatoms. The predicted octanol–water partition coefficient (Wildman–Crippen LogP) is 5.76. The number of ketones is 2. The second kappa shape index (κ2) is 7.18. The van der Waals surface area contributed by atoms with Gasteiger partial charge in [-0.15, -0.1) is 0 Å². The van der Waals surface area contributed by atoms with Crippen molar-refractivity contribution in [2.45, 2.75) is 26.2 Å². The Labute approximate surface area is 175 Å². The van der Waals surface area contributed by atoms with Crippen LogP contribution in [0, 0.1) is 0 Å². The van der Waals surface area contributed by atoms with Crippen molar-refractivity contribution >= 4 is 50.9 Å². The van der Waals surface area contributed by atoms with Gasteiger partial charge in [-0.05, 0) is 35.2 Å². The summed E-state index contributed by atoms with van der Waals surface area (Å²) in [6.07, 6.45) is -1.41. The molecule has 0 aromatic heterocycles. The van der Waals surface area contributed by atoms with Crippen LogP contribution < -0.4 is 4.90 Å². The lowest BCUT2D eigenvalue weighted by molar-refractivity contribution is 0.0976. The lowest BCUT2D eigenvalue weighted by Gasteiger charge is -2.29. The molecule has 0 bridgehead atoms. The van der Waals surface area contributed by atoms with E-state index in [1.54, 1.807) is 24.3 Å². The summed E-state index contributed by atoms with van der Waals surface area (Å²) >= 11 is 9.58. The Balaban J connectivity index is 2.24. The number of carbonyl (C=O) groups excluding carboxylic acids is 2. The molecule has 0 fully saturated rings. The summed E-state index contributed by atoms with van der Waals surface area (Å²) in [5, 5.41) is 9.36. The lowest BCUT2D eigenvalue weighted by Crippen LogP contribution is -2.37. The molecule has 2 aromatic rings. The molecule has 0 unspecified atom stereocenters. The minimum atomic E-state index is -1.41. The van der Waals surface area contributed by atoms with Crippen LogP contribution in [0.4, 0.5) is 10.5 Å². The third kappa shape index (κ3) is 3.38. The molecule has 28 heavy (non-hydrogen) atoms. The molecule has 5 nitrogen and oxygen atoms in total. The Bertz CT molecular complexity index is 1040. The largest absolute Gasteiger partial charge is 0.464 e. The molecule has 1 aliphatic carbocycles. The molecule has 0 atom stereocenters. The van der Waals surface area contributed by atoms with Crippen LogP contribution in [0.1, 0.15) is 47.1 Å². The van der Waals surface area contributed by atoms with Crippen molar-refractivity contribution in [3.05, 3.63) is 74.4 Å². The van der Waals surface area contributed by atoms with Gasteiger partial charge in [-0.25, -0.2) is 9.69 Å². The van der Waals surface area contributed by atoms with E-state index in [0.29, 0.717) is 5.56 Å². The summed E-state index contributed by atoms with van der Waals surface area (Å²) in [7, 11) is 0. The molecule has 144 valence electrons. The number of fused-ring (bicyclic) bond motifs is 1. The van der Waals surface area contributed by atoms with Gasteiger partial charge in [0.05, 0.1) is 5.69 Å². The van der Waals surface area contributed by atoms with Gasteiger partial charge in [-0.1, -0.05) is 66.5 Å². The summed E-state index contributed by atoms with van der Waals surface area (Å²) in [6.45, 7) is 5.79.